The Balaban J connectivity index is 0.000000657. The first-order valence-corrected chi connectivity index (χ1v) is 19.9. The molecule has 0 radical (unpaired) electrons. The van der Waals surface area contributed by atoms with Gasteiger partial charge in [0.2, 0.25) is 0 Å². The minimum absolute atomic E-state index is 0.347. The average Bonchev–Trinajstić information content (AvgIpc) is 3.08. The lowest BCUT2D eigenvalue weighted by Crippen LogP contribution is -2.41. The van der Waals surface area contributed by atoms with E-state index in [2.05, 4.69) is 71.8 Å². The quantitative estimate of drug-likeness (QED) is 0.160. The van der Waals surface area contributed by atoms with Crippen LogP contribution in [0.25, 0.3) is 11.1 Å². The fourth-order valence-electron chi connectivity index (χ4n) is 5.36. The zero-order valence-corrected chi connectivity index (χ0v) is 32.4. The molecule has 2 N–H and O–H groups in total. The first-order valence-electron chi connectivity index (χ1n) is 16.6. The Bertz CT molecular complexity index is 1460. The van der Waals surface area contributed by atoms with Crippen LogP contribution in [-0.4, -0.2) is 78.2 Å². The van der Waals surface area contributed by atoms with Crippen LogP contribution in [0.5, 0.6) is 0 Å². The zero-order chi connectivity index (χ0) is 36.0. The molecule has 3 aromatic rings. The van der Waals surface area contributed by atoms with E-state index in [9.17, 15) is 14.7 Å². The predicted octanol–water partition coefficient (Wildman–Crippen LogP) is 9.45. The Morgan fingerprint density at radius 3 is 2.41 bits per heavy atom. The number of aliphatic carboxylic acids is 1. The number of nitrogens with one attached hydrogen (secondary N) is 1. The van der Waals surface area contributed by atoms with E-state index in [1.807, 2.05) is 85.3 Å². The van der Waals surface area contributed by atoms with Crippen molar-refractivity contribution < 1.29 is 19.4 Å². The van der Waals surface area contributed by atoms with Crippen LogP contribution in [0.1, 0.15) is 54.6 Å². The molecule has 9 heteroatoms. The molecular weight excluding hydrogens is 669 g/mol. The molecule has 1 aliphatic heterocycles. The van der Waals surface area contributed by atoms with Crippen molar-refractivity contribution in [2.24, 2.45) is 0 Å². The summed E-state index contributed by atoms with van der Waals surface area (Å²) in [6.07, 6.45) is 8.54. The lowest BCUT2D eigenvalue weighted by molar-refractivity contribution is -0.139. The normalized spacial score (nSPS) is 15.1. The average molecular weight is 723 g/mol. The molecule has 2 atom stereocenters. The maximum atomic E-state index is 13.4. The van der Waals surface area contributed by atoms with Crippen LogP contribution in [0.15, 0.2) is 101 Å². The number of amides is 1. The number of methoxy groups -OCH3 is 1. The van der Waals surface area contributed by atoms with E-state index >= 15 is 0 Å². The van der Waals surface area contributed by atoms with Gasteiger partial charge in [-0.2, -0.15) is 11.8 Å². The second-order valence-corrected chi connectivity index (χ2v) is 15.5. The van der Waals surface area contributed by atoms with Gasteiger partial charge < -0.3 is 15.2 Å². The minimum atomic E-state index is -1.01. The third kappa shape index (κ3) is 15.6. The number of likely N-dealkylation sites (tertiary alicyclic amines) is 1. The van der Waals surface area contributed by atoms with Crippen molar-refractivity contribution in [1.82, 2.24) is 10.2 Å². The van der Waals surface area contributed by atoms with Gasteiger partial charge in [0, 0.05) is 43.0 Å². The van der Waals surface area contributed by atoms with Gasteiger partial charge in [-0.15, -0.1) is 23.5 Å². The highest BCUT2D eigenvalue weighted by Crippen LogP contribution is 2.32. The van der Waals surface area contributed by atoms with Gasteiger partial charge in [0.25, 0.3) is 5.91 Å². The number of thioether (sulfide) groups is 3. The molecule has 1 heterocycles. The summed E-state index contributed by atoms with van der Waals surface area (Å²) in [5.74, 6) is 0.464. The standard InChI is InChI=1S/C31H36N2O3S2.C7H12S.C2H6O/c1-22-9-6-7-13-26(22)28-19-23(14-15-27(28)30(34)32-29(31(35)36)16-18-37-2)20-33-17-8-12-25(21-33)38-24-10-4-3-5-11-24;1-4-6-7(3)8-5-2;1-3-2/h3-7,9-11,13-15,19,25,29H,8,12,16-18,20-21H2,1-2H3,(H,32,34)(H,35,36);4,6H,1,5H2,2-3H3;1-2H3/b;7-6+;. The molecule has 0 bridgehead atoms. The molecule has 0 aliphatic carbocycles. The summed E-state index contributed by atoms with van der Waals surface area (Å²) in [6.45, 7) is 12.8. The zero-order valence-electron chi connectivity index (χ0n) is 29.9. The predicted molar refractivity (Wildman–Crippen MR) is 214 cm³/mol. The number of piperidine rings is 1. The monoisotopic (exact) mass is 722 g/mol. The lowest BCUT2D eigenvalue weighted by Gasteiger charge is -2.32. The summed E-state index contributed by atoms with van der Waals surface area (Å²) in [4.78, 5) is 30.3. The third-order valence-corrected chi connectivity index (χ3v) is 10.4. The molecule has 1 fully saturated rings. The van der Waals surface area contributed by atoms with Gasteiger partial charge in [-0.1, -0.05) is 74.2 Å². The van der Waals surface area contributed by atoms with E-state index < -0.39 is 12.0 Å². The Labute approximate surface area is 307 Å². The lowest BCUT2D eigenvalue weighted by atomic mass is 9.93. The van der Waals surface area contributed by atoms with E-state index in [-0.39, 0.29) is 5.91 Å². The van der Waals surface area contributed by atoms with Gasteiger partial charge in [-0.3, -0.25) is 9.69 Å². The van der Waals surface area contributed by atoms with Gasteiger partial charge in [-0.25, -0.2) is 4.79 Å². The van der Waals surface area contributed by atoms with Crippen molar-refractivity contribution in [3.63, 3.8) is 0 Å². The number of carboxylic acids is 1. The number of allylic oxidation sites excluding steroid dienone is 3. The van der Waals surface area contributed by atoms with Gasteiger partial charge in [0.05, 0.1) is 0 Å². The summed E-state index contributed by atoms with van der Waals surface area (Å²) >= 11 is 5.37. The summed E-state index contributed by atoms with van der Waals surface area (Å²) in [7, 11) is 3.25. The molecule has 6 nitrogen and oxygen atoms in total. The van der Waals surface area contributed by atoms with Gasteiger partial charge in [0.15, 0.2) is 0 Å². The first-order chi connectivity index (χ1) is 23.7. The highest BCUT2D eigenvalue weighted by atomic mass is 32.2. The number of aryl methyl sites for hydroxylation is 1. The van der Waals surface area contributed by atoms with Gasteiger partial charge >= 0.3 is 5.97 Å². The van der Waals surface area contributed by atoms with Crippen LogP contribution in [0.4, 0.5) is 0 Å². The van der Waals surface area contributed by atoms with Crippen molar-refractivity contribution in [3.05, 3.63) is 113 Å². The second-order valence-electron chi connectivity index (χ2n) is 11.6. The van der Waals surface area contributed by atoms with Crippen LogP contribution in [-0.2, 0) is 16.1 Å². The number of carbonyl (C=O) groups excluding carboxylic acids is 1. The molecule has 1 aliphatic rings. The van der Waals surface area contributed by atoms with E-state index in [0.717, 1.165) is 47.6 Å². The van der Waals surface area contributed by atoms with E-state index in [1.165, 1.54) is 22.6 Å². The van der Waals surface area contributed by atoms with Crippen molar-refractivity contribution in [3.8, 4) is 11.1 Å². The highest BCUT2D eigenvalue weighted by Gasteiger charge is 2.24. The van der Waals surface area contributed by atoms with E-state index in [4.69, 9.17) is 0 Å². The highest BCUT2D eigenvalue weighted by molar-refractivity contribution is 8.03. The van der Waals surface area contributed by atoms with Crippen molar-refractivity contribution in [1.29, 1.82) is 0 Å². The van der Waals surface area contributed by atoms with Crippen molar-refractivity contribution >= 4 is 47.2 Å². The Morgan fingerprint density at radius 1 is 1.08 bits per heavy atom. The summed E-state index contributed by atoms with van der Waals surface area (Å²) < 4.78 is 4.25. The molecule has 0 saturated carbocycles. The molecule has 1 saturated heterocycles. The number of benzene rings is 3. The summed E-state index contributed by atoms with van der Waals surface area (Å²) in [6, 6.07) is 23.7. The van der Waals surface area contributed by atoms with E-state index in [1.54, 1.807) is 26.0 Å². The van der Waals surface area contributed by atoms with Crippen LogP contribution in [0, 0.1) is 6.92 Å². The molecule has 49 heavy (non-hydrogen) atoms. The Morgan fingerprint density at radius 2 is 1.78 bits per heavy atom. The molecule has 266 valence electrons. The number of hydrogen-bond donors (Lipinski definition) is 2. The molecular formula is C40H54N2O4S3. The number of rotatable bonds is 14. The van der Waals surface area contributed by atoms with Crippen LogP contribution in [0.2, 0.25) is 0 Å². The van der Waals surface area contributed by atoms with Crippen molar-refractivity contribution in [2.45, 2.75) is 62.8 Å². The molecule has 0 aromatic heterocycles. The molecule has 3 aromatic carbocycles. The number of nitrogens with zero attached hydrogens (tertiary/aromatic N) is 1. The first kappa shape index (κ1) is 42.2. The van der Waals surface area contributed by atoms with Crippen LogP contribution in [0.3, 0.4) is 0 Å². The fourth-order valence-corrected chi connectivity index (χ4v) is 7.75. The Kier molecular flexibility index (Phi) is 20.9. The maximum absolute atomic E-state index is 13.4. The number of carboxylic acid groups (broad SMARTS) is 1. The number of hydrogen-bond acceptors (Lipinski definition) is 7. The smallest absolute Gasteiger partial charge is 0.326 e. The number of ether oxygens (including phenoxy) is 1. The van der Waals surface area contributed by atoms with Crippen LogP contribution >= 0.6 is 35.3 Å². The molecule has 2 unspecified atom stereocenters. The topological polar surface area (TPSA) is 78.9 Å². The molecule has 1 amide bonds. The SMILES string of the molecule is C=C/C=C(\C)SCC.COC.CSCCC(NC(=O)c1ccc(CN2CCCC(Sc3ccccc3)C2)cc1-c1ccccc1C)C(=O)O. The molecule has 0 spiro atoms. The van der Waals surface area contributed by atoms with Crippen LogP contribution < -0.4 is 5.32 Å². The second kappa shape index (κ2) is 24.2. The van der Waals surface area contributed by atoms with E-state index in [0.29, 0.717) is 23.0 Å². The summed E-state index contributed by atoms with van der Waals surface area (Å²) in [5, 5.41) is 13.0. The van der Waals surface area contributed by atoms with Gasteiger partial charge in [-0.05, 0) is 109 Å². The minimum Gasteiger partial charge on any atom is -0.480 e. The fraction of sp³-hybridized carbons (Fsp3) is 0.400. The Hall–Kier alpha value is -2.95. The largest absolute Gasteiger partial charge is 0.480 e. The third-order valence-electron chi connectivity index (χ3n) is 7.62. The molecule has 4 rings (SSSR count). The summed E-state index contributed by atoms with van der Waals surface area (Å²) in [5.41, 5.74) is 4.58. The number of carbonyl (C=O) groups is 2. The van der Waals surface area contributed by atoms with Gasteiger partial charge in [0.1, 0.15) is 6.04 Å². The van der Waals surface area contributed by atoms with Crippen molar-refractivity contribution in [2.75, 3.05) is 45.1 Å². The maximum Gasteiger partial charge on any atom is 0.326 e.